The number of imide groups is 1. The van der Waals surface area contributed by atoms with E-state index in [1.807, 2.05) is 30.3 Å². The van der Waals surface area contributed by atoms with Crippen LogP contribution in [0.1, 0.15) is 32.5 Å². The first kappa shape index (κ1) is 16.5. The zero-order chi connectivity index (χ0) is 18.1. The Labute approximate surface area is 159 Å². The monoisotopic (exact) mass is 407 g/mol. The molecule has 0 fully saturated rings. The lowest BCUT2D eigenvalue weighted by atomic mass is 10.1. The highest BCUT2D eigenvalue weighted by Crippen LogP contribution is 2.36. The van der Waals surface area contributed by atoms with Gasteiger partial charge in [-0.1, -0.05) is 58.4 Å². The van der Waals surface area contributed by atoms with Gasteiger partial charge in [0.25, 0.3) is 11.8 Å². The maximum atomic E-state index is 13.1. The number of amides is 2. The second kappa shape index (κ2) is 6.77. The molecule has 3 aromatic carbocycles. The molecule has 1 heterocycles. The number of ether oxygens (including phenoxy) is 1. The summed E-state index contributed by atoms with van der Waals surface area (Å²) < 4.78 is 6.96. The Morgan fingerprint density at radius 3 is 2.27 bits per heavy atom. The molecule has 0 spiro atoms. The van der Waals surface area contributed by atoms with Gasteiger partial charge in [0.1, 0.15) is 5.75 Å². The SMILES string of the molecule is O=C(c1ccccc1)N1C(=O)c2ccccc2O[C@@H]1c1ccc(Br)cc1. The van der Waals surface area contributed by atoms with E-state index < -0.39 is 12.1 Å². The summed E-state index contributed by atoms with van der Waals surface area (Å²) in [5.41, 5.74) is 1.54. The standard InChI is InChI=1S/C21H14BrNO3/c22-16-12-10-15(11-13-16)21-23(19(24)14-6-2-1-3-7-14)20(25)17-8-4-5-9-18(17)26-21/h1-13,21H/t21-/m1/s1. The van der Waals surface area contributed by atoms with Gasteiger partial charge in [-0.15, -0.1) is 0 Å². The van der Waals surface area contributed by atoms with E-state index in [4.69, 9.17) is 4.74 Å². The third kappa shape index (κ3) is 2.91. The quantitative estimate of drug-likeness (QED) is 0.571. The molecule has 1 atom stereocenters. The van der Waals surface area contributed by atoms with Crippen molar-refractivity contribution >= 4 is 27.7 Å². The van der Waals surface area contributed by atoms with Crippen LogP contribution in [0.25, 0.3) is 0 Å². The van der Waals surface area contributed by atoms with Crippen molar-refractivity contribution in [2.24, 2.45) is 0 Å². The van der Waals surface area contributed by atoms with E-state index in [-0.39, 0.29) is 5.91 Å². The molecule has 0 aliphatic carbocycles. The molecule has 0 aromatic heterocycles. The molecule has 0 bridgehead atoms. The minimum Gasteiger partial charge on any atom is -0.465 e. The molecule has 26 heavy (non-hydrogen) atoms. The number of benzene rings is 3. The van der Waals surface area contributed by atoms with Crippen LogP contribution in [-0.2, 0) is 0 Å². The number of nitrogens with zero attached hydrogens (tertiary/aromatic N) is 1. The average molecular weight is 408 g/mol. The van der Waals surface area contributed by atoms with E-state index in [2.05, 4.69) is 15.9 Å². The molecule has 0 radical (unpaired) electrons. The third-order valence-electron chi connectivity index (χ3n) is 4.20. The fraction of sp³-hybridized carbons (Fsp3) is 0.0476. The summed E-state index contributed by atoms with van der Waals surface area (Å²) in [5.74, 6) is -0.283. The van der Waals surface area contributed by atoms with E-state index in [0.717, 1.165) is 10.0 Å². The van der Waals surface area contributed by atoms with E-state index in [1.54, 1.807) is 48.5 Å². The van der Waals surface area contributed by atoms with Crippen molar-refractivity contribution in [2.75, 3.05) is 0 Å². The van der Waals surface area contributed by atoms with Crippen LogP contribution in [0.2, 0.25) is 0 Å². The zero-order valence-corrected chi connectivity index (χ0v) is 15.2. The first-order valence-corrected chi connectivity index (χ1v) is 8.88. The van der Waals surface area contributed by atoms with E-state index in [9.17, 15) is 9.59 Å². The number of carbonyl (C=O) groups excluding carboxylic acids is 2. The Kier molecular flexibility index (Phi) is 4.31. The molecule has 1 aliphatic rings. The number of hydrogen-bond acceptors (Lipinski definition) is 3. The van der Waals surface area contributed by atoms with Gasteiger partial charge in [-0.2, -0.15) is 0 Å². The molecule has 0 unspecified atom stereocenters. The number of fused-ring (bicyclic) bond motifs is 1. The topological polar surface area (TPSA) is 46.6 Å². The van der Waals surface area contributed by atoms with Crippen molar-refractivity contribution in [3.05, 3.63) is 100 Å². The molecule has 0 N–H and O–H groups in total. The van der Waals surface area contributed by atoms with Crippen molar-refractivity contribution < 1.29 is 14.3 Å². The third-order valence-corrected chi connectivity index (χ3v) is 4.73. The first-order valence-electron chi connectivity index (χ1n) is 8.09. The highest BCUT2D eigenvalue weighted by molar-refractivity contribution is 9.10. The van der Waals surface area contributed by atoms with Crippen molar-refractivity contribution in [3.8, 4) is 5.75 Å². The minimum atomic E-state index is -0.821. The van der Waals surface area contributed by atoms with Crippen molar-refractivity contribution in [1.29, 1.82) is 0 Å². The van der Waals surface area contributed by atoms with E-state index >= 15 is 0 Å². The second-order valence-electron chi connectivity index (χ2n) is 5.86. The number of hydrogen-bond donors (Lipinski definition) is 0. The summed E-state index contributed by atoms with van der Waals surface area (Å²) in [4.78, 5) is 27.4. The van der Waals surface area contributed by atoms with E-state index in [0.29, 0.717) is 16.9 Å². The smallest absolute Gasteiger partial charge is 0.267 e. The molecule has 3 aromatic rings. The summed E-state index contributed by atoms with van der Waals surface area (Å²) in [6.45, 7) is 0. The van der Waals surface area contributed by atoms with Crippen LogP contribution in [-0.4, -0.2) is 16.7 Å². The molecular weight excluding hydrogens is 394 g/mol. The minimum absolute atomic E-state index is 0.367. The van der Waals surface area contributed by atoms with Gasteiger partial charge >= 0.3 is 0 Å². The first-order chi connectivity index (χ1) is 12.6. The Balaban J connectivity index is 1.82. The Morgan fingerprint density at radius 1 is 0.885 bits per heavy atom. The fourth-order valence-electron chi connectivity index (χ4n) is 2.92. The van der Waals surface area contributed by atoms with Gasteiger partial charge in [0.05, 0.1) is 5.56 Å². The van der Waals surface area contributed by atoms with Gasteiger partial charge in [-0.05, 0) is 36.4 Å². The maximum absolute atomic E-state index is 13.1. The Bertz CT molecular complexity index is 970. The van der Waals surface area contributed by atoms with Crippen LogP contribution in [0.4, 0.5) is 0 Å². The maximum Gasteiger partial charge on any atom is 0.267 e. The van der Waals surface area contributed by atoms with Gasteiger partial charge in [0.15, 0.2) is 0 Å². The van der Waals surface area contributed by atoms with Gasteiger partial charge in [-0.3, -0.25) is 9.59 Å². The fourth-order valence-corrected chi connectivity index (χ4v) is 3.18. The Morgan fingerprint density at radius 2 is 1.54 bits per heavy atom. The van der Waals surface area contributed by atoms with Gasteiger partial charge < -0.3 is 4.74 Å². The summed E-state index contributed by atoms with van der Waals surface area (Å²) in [6, 6.07) is 23.1. The Hall–Kier alpha value is -2.92. The van der Waals surface area contributed by atoms with Crippen molar-refractivity contribution in [1.82, 2.24) is 4.90 Å². The molecule has 5 heteroatoms. The largest absolute Gasteiger partial charge is 0.465 e. The van der Waals surface area contributed by atoms with Gasteiger partial charge in [-0.25, -0.2) is 4.90 Å². The van der Waals surface area contributed by atoms with Crippen LogP contribution in [0, 0.1) is 0 Å². The van der Waals surface area contributed by atoms with Crippen LogP contribution in [0.3, 0.4) is 0 Å². The highest BCUT2D eigenvalue weighted by atomic mass is 79.9. The van der Waals surface area contributed by atoms with Crippen LogP contribution < -0.4 is 4.74 Å². The molecule has 128 valence electrons. The number of halogens is 1. The molecule has 4 nitrogen and oxygen atoms in total. The normalized spacial score (nSPS) is 16.0. The van der Waals surface area contributed by atoms with Gasteiger partial charge in [0.2, 0.25) is 6.23 Å². The number of rotatable bonds is 2. The van der Waals surface area contributed by atoms with Crippen molar-refractivity contribution in [2.45, 2.75) is 6.23 Å². The molecule has 4 rings (SSSR count). The van der Waals surface area contributed by atoms with Crippen LogP contribution >= 0.6 is 15.9 Å². The highest BCUT2D eigenvalue weighted by Gasteiger charge is 2.39. The lowest BCUT2D eigenvalue weighted by Gasteiger charge is -2.35. The van der Waals surface area contributed by atoms with Crippen molar-refractivity contribution in [3.63, 3.8) is 0 Å². The molecule has 0 saturated heterocycles. The lowest BCUT2D eigenvalue weighted by Crippen LogP contribution is -2.45. The summed E-state index contributed by atoms with van der Waals surface area (Å²) >= 11 is 3.40. The van der Waals surface area contributed by atoms with E-state index in [1.165, 1.54) is 4.90 Å². The molecular formula is C21H14BrNO3. The zero-order valence-electron chi connectivity index (χ0n) is 13.6. The molecule has 0 saturated carbocycles. The number of para-hydroxylation sites is 1. The summed E-state index contributed by atoms with van der Waals surface area (Å²) in [6.07, 6.45) is -0.821. The molecule has 1 aliphatic heterocycles. The van der Waals surface area contributed by atoms with Crippen LogP contribution in [0.5, 0.6) is 5.75 Å². The molecule has 2 amide bonds. The predicted molar refractivity (Wildman–Crippen MR) is 101 cm³/mol. The lowest BCUT2D eigenvalue weighted by molar-refractivity contribution is 0.0107. The van der Waals surface area contributed by atoms with Gasteiger partial charge in [0, 0.05) is 15.6 Å². The van der Waals surface area contributed by atoms with Crippen LogP contribution in [0.15, 0.2) is 83.3 Å². The number of carbonyl (C=O) groups is 2. The summed E-state index contributed by atoms with van der Waals surface area (Å²) in [7, 11) is 0. The predicted octanol–water partition coefficient (Wildman–Crippen LogP) is 4.82. The summed E-state index contributed by atoms with van der Waals surface area (Å²) in [5, 5.41) is 0. The second-order valence-corrected chi connectivity index (χ2v) is 6.78. The average Bonchev–Trinajstić information content (AvgIpc) is 2.69.